The molecule has 2 N–H and O–H groups in total. The van der Waals surface area contributed by atoms with E-state index >= 15 is 0 Å². The Balaban J connectivity index is 1.80. The van der Waals surface area contributed by atoms with Gasteiger partial charge in [0, 0.05) is 31.0 Å². The van der Waals surface area contributed by atoms with Gasteiger partial charge in [0.05, 0.1) is 0 Å². The van der Waals surface area contributed by atoms with Gasteiger partial charge in [0.2, 0.25) is 0 Å². The molecule has 0 saturated carbocycles. The summed E-state index contributed by atoms with van der Waals surface area (Å²) in [5, 5.41) is 0. The van der Waals surface area contributed by atoms with Gasteiger partial charge in [-0.25, -0.2) is 4.98 Å². The van der Waals surface area contributed by atoms with E-state index < -0.39 is 0 Å². The predicted molar refractivity (Wildman–Crippen MR) is 81.4 cm³/mol. The number of benzene rings is 2. The molecule has 3 aromatic rings. The van der Waals surface area contributed by atoms with E-state index in [1.165, 1.54) is 11.1 Å². The van der Waals surface area contributed by atoms with Crippen LogP contribution in [-0.4, -0.2) is 9.55 Å². The largest absolute Gasteiger partial charge is 0.399 e. The Hall–Kier alpha value is -2.55. The number of nitrogens with zero attached hydrogens (tertiary/aromatic N) is 2. The van der Waals surface area contributed by atoms with E-state index in [0.29, 0.717) is 0 Å². The average molecular weight is 263 g/mol. The molecule has 0 atom stereocenters. The lowest BCUT2D eigenvalue weighted by Crippen LogP contribution is -2.05. The molecular formula is C17H17N3. The van der Waals surface area contributed by atoms with Crippen molar-refractivity contribution in [2.45, 2.75) is 13.0 Å². The van der Waals surface area contributed by atoms with Crippen molar-refractivity contribution >= 4 is 5.69 Å². The summed E-state index contributed by atoms with van der Waals surface area (Å²) in [5.74, 6) is 1.06. The molecule has 0 bridgehead atoms. The van der Waals surface area contributed by atoms with Crippen molar-refractivity contribution < 1.29 is 0 Å². The van der Waals surface area contributed by atoms with Crippen molar-refractivity contribution in [3.8, 4) is 0 Å². The number of hydrogen-bond acceptors (Lipinski definition) is 2. The zero-order valence-electron chi connectivity index (χ0n) is 11.2. The normalized spacial score (nSPS) is 10.6. The van der Waals surface area contributed by atoms with Gasteiger partial charge in [0.1, 0.15) is 5.82 Å². The maximum atomic E-state index is 5.82. The highest BCUT2D eigenvalue weighted by Gasteiger charge is 2.05. The average Bonchev–Trinajstić information content (AvgIpc) is 2.87. The lowest BCUT2D eigenvalue weighted by atomic mass is 10.1. The number of imidazole rings is 1. The van der Waals surface area contributed by atoms with Crippen LogP contribution in [0.25, 0.3) is 0 Å². The Morgan fingerprint density at radius 3 is 2.55 bits per heavy atom. The van der Waals surface area contributed by atoms with Crippen molar-refractivity contribution in [3.63, 3.8) is 0 Å². The van der Waals surface area contributed by atoms with Crippen molar-refractivity contribution in [1.29, 1.82) is 0 Å². The number of rotatable bonds is 4. The number of aromatic nitrogens is 2. The van der Waals surface area contributed by atoms with Gasteiger partial charge in [0.15, 0.2) is 0 Å². The highest BCUT2D eigenvalue weighted by molar-refractivity contribution is 5.41. The van der Waals surface area contributed by atoms with Gasteiger partial charge in [-0.05, 0) is 23.3 Å². The fourth-order valence-electron chi connectivity index (χ4n) is 2.32. The summed E-state index contributed by atoms with van der Waals surface area (Å²) in [5.41, 5.74) is 9.08. The molecule has 0 aliphatic rings. The van der Waals surface area contributed by atoms with Crippen LogP contribution in [0.1, 0.15) is 17.0 Å². The molecule has 3 heteroatoms. The van der Waals surface area contributed by atoms with E-state index in [4.69, 9.17) is 5.73 Å². The standard InChI is InChI=1S/C17H17N3/c18-16-8-4-7-15(11-16)12-17-19-9-10-20(17)13-14-5-2-1-3-6-14/h1-11H,12-13,18H2. The molecule has 100 valence electrons. The summed E-state index contributed by atoms with van der Waals surface area (Å²) in [7, 11) is 0. The minimum Gasteiger partial charge on any atom is -0.399 e. The second-order valence-electron chi connectivity index (χ2n) is 4.88. The summed E-state index contributed by atoms with van der Waals surface area (Å²) in [6, 6.07) is 18.4. The van der Waals surface area contributed by atoms with Gasteiger partial charge in [-0.2, -0.15) is 0 Å². The van der Waals surface area contributed by atoms with Gasteiger partial charge in [-0.1, -0.05) is 42.5 Å². The molecule has 0 amide bonds. The molecule has 3 nitrogen and oxygen atoms in total. The van der Waals surface area contributed by atoms with Crippen molar-refractivity contribution in [2.75, 3.05) is 5.73 Å². The lowest BCUT2D eigenvalue weighted by molar-refractivity contribution is 0.740. The number of nitrogen functional groups attached to an aromatic ring is 1. The first-order valence-electron chi connectivity index (χ1n) is 6.69. The summed E-state index contributed by atoms with van der Waals surface area (Å²) in [6.45, 7) is 0.846. The van der Waals surface area contributed by atoms with E-state index in [2.05, 4.69) is 39.9 Å². The molecule has 0 unspecified atom stereocenters. The van der Waals surface area contributed by atoms with Gasteiger partial charge in [-0.3, -0.25) is 0 Å². The molecule has 0 aliphatic heterocycles. The third-order valence-electron chi connectivity index (χ3n) is 3.31. The molecule has 3 rings (SSSR count). The minimum absolute atomic E-state index is 0.795. The van der Waals surface area contributed by atoms with Crippen LogP contribution in [0.5, 0.6) is 0 Å². The Morgan fingerprint density at radius 1 is 0.950 bits per heavy atom. The maximum absolute atomic E-state index is 5.82. The van der Waals surface area contributed by atoms with E-state index in [9.17, 15) is 0 Å². The van der Waals surface area contributed by atoms with Crippen LogP contribution in [0.4, 0.5) is 5.69 Å². The Kier molecular flexibility index (Phi) is 3.50. The van der Waals surface area contributed by atoms with E-state index in [1.807, 2.05) is 36.7 Å². The molecule has 0 radical (unpaired) electrons. The Labute approximate surface area is 118 Å². The predicted octanol–water partition coefficient (Wildman–Crippen LogP) is 3.10. The van der Waals surface area contributed by atoms with Crippen molar-refractivity contribution in [1.82, 2.24) is 9.55 Å². The van der Waals surface area contributed by atoms with Crippen molar-refractivity contribution in [3.05, 3.63) is 83.9 Å². The van der Waals surface area contributed by atoms with Crippen LogP contribution in [0.15, 0.2) is 67.0 Å². The highest BCUT2D eigenvalue weighted by atomic mass is 15.1. The van der Waals surface area contributed by atoms with Gasteiger partial charge < -0.3 is 10.3 Å². The second-order valence-corrected chi connectivity index (χ2v) is 4.88. The fourth-order valence-corrected chi connectivity index (χ4v) is 2.32. The van der Waals surface area contributed by atoms with Gasteiger partial charge in [0.25, 0.3) is 0 Å². The third-order valence-corrected chi connectivity index (χ3v) is 3.31. The molecule has 1 heterocycles. The summed E-state index contributed by atoms with van der Waals surface area (Å²) in [4.78, 5) is 4.46. The first-order valence-corrected chi connectivity index (χ1v) is 6.69. The number of hydrogen-bond donors (Lipinski definition) is 1. The zero-order valence-corrected chi connectivity index (χ0v) is 11.2. The number of nitrogens with two attached hydrogens (primary N) is 1. The molecular weight excluding hydrogens is 246 g/mol. The quantitative estimate of drug-likeness (QED) is 0.735. The van der Waals surface area contributed by atoms with E-state index in [1.54, 1.807) is 0 Å². The van der Waals surface area contributed by atoms with Gasteiger partial charge >= 0.3 is 0 Å². The van der Waals surface area contributed by atoms with Crippen LogP contribution >= 0.6 is 0 Å². The Morgan fingerprint density at radius 2 is 1.75 bits per heavy atom. The monoisotopic (exact) mass is 263 g/mol. The topological polar surface area (TPSA) is 43.8 Å². The SMILES string of the molecule is Nc1cccc(Cc2nccn2Cc2ccccc2)c1. The Bertz CT molecular complexity index is 686. The van der Waals surface area contributed by atoms with E-state index in [0.717, 1.165) is 24.5 Å². The molecule has 0 fully saturated rings. The van der Waals surface area contributed by atoms with Crippen LogP contribution < -0.4 is 5.73 Å². The lowest BCUT2D eigenvalue weighted by Gasteiger charge is -2.08. The minimum atomic E-state index is 0.795. The van der Waals surface area contributed by atoms with Crippen LogP contribution in [-0.2, 0) is 13.0 Å². The summed E-state index contributed by atoms with van der Waals surface area (Å²) < 4.78 is 2.18. The zero-order chi connectivity index (χ0) is 13.8. The molecule has 2 aromatic carbocycles. The number of anilines is 1. The smallest absolute Gasteiger partial charge is 0.113 e. The molecule has 0 aliphatic carbocycles. The van der Waals surface area contributed by atoms with Crippen molar-refractivity contribution in [2.24, 2.45) is 0 Å². The first kappa shape index (κ1) is 12.5. The van der Waals surface area contributed by atoms with E-state index in [-0.39, 0.29) is 0 Å². The third kappa shape index (κ3) is 2.88. The van der Waals surface area contributed by atoms with Crippen LogP contribution in [0.3, 0.4) is 0 Å². The molecule has 1 aromatic heterocycles. The highest BCUT2D eigenvalue weighted by Crippen LogP contribution is 2.13. The second kappa shape index (κ2) is 5.61. The maximum Gasteiger partial charge on any atom is 0.113 e. The van der Waals surface area contributed by atoms with Crippen LogP contribution in [0, 0.1) is 0 Å². The molecule has 0 saturated heterocycles. The summed E-state index contributed by atoms with van der Waals surface area (Å²) >= 11 is 0. The molecule has 20 heavy (non-hydrogen) atoms. The van der Waals surface area contributed by atoms with Gasteiger partial charge in [-0.15, -0.1) is 0 Å². The molecule has 0 spiro atoms. The first-order chi connectivity index (χ1) is 9.81. The summed E-state index contributed by atoms with van der Waals surface area (Å²) in [6.07, 6.45) is 4.67. The van der Waals surface area contributed by atoms with Crippen LogP contribution in [0.2, 0.25) is 0 Å². The fraction of sp³-hybridized carbons (Fsp3) is 0.118.